The van der Waals surface area contributed by atoms with Crippen LogP contribution in [0.2, 0.25) is 0 Å². The number of amides is 2. The van der Waals surface area contributed by atoms with E-state index < -0.39 is 6.04 Å². The van der Waals surface area contributed by atoms with Gasteiger partial charge in [-0.1, -0.05) is 37.5 Å². The van der Waals surface area contributed by atoms with Crippen LogP contribution in [0.4, 0.5) is 4.79 Å². The number of hydrogen-bond donors (Lipinski definition) is 2. The van der Waals surface area contributed by atoms with Gasteiger partial charge in [-0.2, -0.15) is 0 Å². The average molecular weight is 386 g/mol. The smallest absolute Gasteiger partial charge is 0.338 e. The molecule has 1 fully saturated rings. The maximum absolute atomic E-state index is 13.1. The molecular weight excluding hydrogens is 356 g/mol. The van der Waals surface area contributed by atoms with Gasteiger partial charge in [-0.15, -0.1) is 0 Å². The van der Waals surface area contributed by atoms with Crippen LogP contribution in [0.15, 0.2) is 35.5 Å². The molecule has 152 valence electrons. The molecule has 2 N–H and O–H groups in total. The number of carbonyl (C=O) groups is 2. The van der Waals surface area contributed by atoms with Crippen molar-refractivity contribution < 1.29 is 19.1 Å². The van der Waals surface area contributed by atoms with Crippen LogP contribution in [0.5, 0.6) is 5.75 Å². The standard InChI is InChI=1S/C22H30N2O4/c1-3-27-18-14-10-9-13-17(18)20-19(15(2)23-22(26)24-20)21(25)28-16-11-7-5-4-6-8-12-16/h9-10,13-14,16,20H,3-8,11-12H2,1-2H3,(H2,23,24,26). The Morgan fingerprint density at radius 3 is 2.50 bits per heavy atom. The number of rotatable bonds is 5. The Balaban J connectivity index is 1.86. The first-order chi connectivity index (χ1) is 13.6. The SMILES string of the molecule is CCOc1ccccc1C1NC(=O)NC(C)=C1C(=O)OC1CCCCCCC1. The molecule has 2 amide bonds. The summed E-state index contributed by atoms with van der Waals surface area (Å²) in [5.41, 5.74) is 1.72. The van der Waals surface area contributed by atoms with Crippen molar-refractivity contribution in [3.63, 3.8) is 0 Å². The van der Waals surface area contributed by atoms with E-state index in [1.165, 1.54) is 19.3 Å². The topological polar surface area (TPSA) is 76.7 Å². The monoisotopic (exact) mass is 386 g/mol. The molecule has 1 heterocycles. The number of ether oxygens (including phenoxy) is 2. The van der Waals surface area contributed by atoms with Gasteiger partial charge in [0.2, 0.25) is 0 Å². The zero-order valence-corrected chi connectivity index (χ0v) is 16.8. The molecule has 6 nitrogen and oxygen atoms in total. The fraction of sp³-hybridized carbons (Fsp3) is 0.545. The molecule has 2 aliphatic rings. The first-order valence-corrected chi connectivity index (χ1v) is 10.3. The van der Waals surface area contributed by atoms with Crippen molar-refractivity contribution in [2.75, 3.05) is 6.61 Å². The second kappa shape index (κ2) is 9.62. The molecule has 1 aromatic carbocycles. The molecule has 0 bridgehead atoms. The van der Waals surface area contributed by atoms with Gasteiger partial charge in [0.05, 0.1) is 18.2 Å². The minimum Gasteiger partial charge on any atom is -0.494 e. The molecule has 0 spiro atoms. The zero-order valence-electron chi connectivity index (χ0n) is 16.8. The second-order valence-corrected chi connectivity index (χ2v) is 7.41. The van der Waals surface area contributed by atoms with E-state index in [0.29, 0.717) is 23.6 Å². The number of nitrogens with one attached hydrogen (secondary N) is 2. The van der Waals surface area contributed by atoms with E-state index in [4.69, 9.17) is 9.47 Å². The van der Waals surface area contributed by atoms with Crippen molar-refractivity contribution in [2.45, 2.75) is 70.9 Å². The number of carbonyl (C=O) groups excluding carboxylic acids is 2. The highest BCUT2D eigenvalue weighted by Crippen LogP contribution is 2.34. The van der Waals surface area contributed by atoms with E-state index in [1.807, 2.05) is 31.2 Å². The molecule has 6 heteroatoms. The van der Waals surface area contributed by atoms with Gasteiger partial charge in [-0.3, -0.25) is 0 Å². The minimum atomic E-state index is -0.599. The summed E-state index contributed by atoms with van der Waals surface area (Å²) in [5, 5.41) is 5.57. The Morgan fingerprint density at radius 2 is 1.79 bits per heavy atom. The lowest BCUT2D eigenvalue weighted by Crippen LogP contribution is -2.45. The van der Waals surface area contributed by atoms with Gasteiger partial charge in [0.15, 0.2) is 0 Å². The van der Waals surface area contributed by atoms with Gasteiger partial charge < -0.3 is 20.1 Å². The fourth-order valence-electron chi connectivity index (χ4n) is 3.96. The molecule has 1 aliphatic heterocycles. The van der Waals surface area contributed by atoms with Crippen molar-refractivity contribution in [3.8, 4) is 5.75 Å². The summed E-state index contributed by atoms with van der Waals surface area (Å²) < 4.78 is 11.6. The first kappa shape index (κ1) is 20.2. The van der Waals surface area contributed by atoms with Gasteiger partial charge in [-0.05, 0) is 45.6 Å². The van der Waals surface area contributed by atoms with E-state index in [0.717, 1.165) is 31.2 Å². The van der Waals surface area contributed by atoms with Crippen molar-refractivity contribution in [1.82, 2.24) is 10.6 Å². The molecule has 3 rings (SSSR count). The van der Waals surface area contributed by atoms with Crippen LogP contribution in [-0.2, 0) is 9.53 Å². The van der Waals surface area contributed by atoms with E-state index in [2.05, 4.69) is 10.6 Å². The van der Waals surface area contributed by atoms with Gasteiger partial charge >= 0.3 is 12.0 Å². The van der Waals surface area contributed by atoms with Crippen LogP contribution in [0, 0.1) is 0 Å². The first-order valence-electron chi connectivity index (χ1n) is 10.3. The summed E-state index contributed by atoms with van der Waals surface area (Å²) in [7, 11) is 0. The van der Waals surface area contributed by atoms with Crippen molar-refractivity contribution in [2.24, 2.45) is 0 Å². The lowest BCUT2D eigenvalue weighted by Gasteiger charge is -2.30. The highest BCUT2D eigenvalue weighted by atomic mass is 16.5. The predicted molar refractivity (Wildman–Crippen MR) is 107 cm³/mol. The van der Waals surface area contributed by atoms with Gasteiger partial charge in [0.1, 0.15) is 11.9 Å². The van der Waals surface area contributed by atoms with E-state index in [9.17, 15) is 9.59 Å². The number of hydrogen-bond acceptors (Lipinski definition) is 4. The Bertz CT molecular complexity index is 736. The van der Waals surface area contributed by atoms with Gasteiger partial charge in [-0.25, -0.2) is 9.59 Å². The number of para-hydroxylation sites is 1. The van der Waals surface area contributed by atoms with Crippen LogP contribution in [0.25, 0.3) is 0 Å². The van der Waals surface area contributed by atoms with Gasteiger partial charge in [0.25, 0.3) is 0 Å². The molecule has 1 aromatic rings. The second-order valence-electron chi connectivity index (χ2n) is 7.41. The fourth-order valence-corrected chi connectivity index (χ4v) is 3.96. The molecule has 1 aliphatic carbocycles. The summed E-state index contributed by atoms with van der Waals surface area (Å²) in [4.78, 5) is 25.2. The minimum absolute atomic E-state index is 0.0616. The number of benzene rings is 1. The third-order valence-electron chi connectivity index (χ3n) is 5.34. The van der Waals surface area contributed by atoms with E-state index in [1.54, 1.807) is 6.92 Å². The van der Waals surface area contributed by atoms with Crippen LogP contribution < -0.4 is 15.4 Å². The number of esters is 1. The summed E-state index contributed by atoms with van der Waals surface area (Å²) in [6, 6.07) is 6.53. The lowest BCUT2D eigenvalue weighted by molar-refractivity contribution is -0.145. The van der Waals surface area contributed by atoms with Crippen LogP contribution >= 0.6 is 0 Å². The van der Waals surface area contributed by atoms with Crippen LogP contribution in [0.1, 0.15) is 70.4 Å². The van der Waals surface area contributed by atoms with Crippen molar-refractivity contribution >= 4 is 12.0 Å². The zero-order chi connectivity index (χ0) is 19.9. The molecule has 0 radical (unpaired) electrons. The third kappa shape index (κ3) is 4.86. The molecule has 0 aromatic heterocycles. The molecule has 28 heavy (non-hydrogen) atoms. The van der Waals surface area contributed by atoms with Crippen LogP contribution in [-0.4, -0.2) is 24.7 Å². The molecular formula is C22H30N2O4. The number of allylic oxidation sites excluding steroid dienone is 1. The third-order valence-corrected chi connectivity index (χ3v) is 5.34. The summed E-state index contributed by atoms with van der Waals surface area (Å²) in [6.45, 7) is 4.15. The maximum atomic E-state index is 13.1. The quantitative estimate of drug-likeness (QED) is 0.737. The maximum Gasteiger partial charge on any atom is 0.338 e. The highest BCUT2D eigenvalue weighted by molar-refractivity contribution is 5.95. The average Bonchev–Trinajstić information content (AvgIpc) is 2.64. The summed E-state index contributed by atoms with van der Waals surface area (Å²) in [6.07, 6.45) is 7.56. The summed E-state index contributed by atoms with van der Waals surface area (Å²) in [5.74, 6) is 0.285. The van der Waals surface area contributed by atoms with Crippen molar-refractivity contribution in [1.29, 1.82) is 0 Å². The Labute approximate surface area is 166 Å². The largest absolute Gasteiger partial charge is 0.494 e. The molecule has 1 atom stereocenters. The van der Waals surface area contributed by atoms with E-state index >= 15 is 0 Å². The van der Waals surface area contributed by atoms with Gasteiger partial charge in [0, 0.05) is 11.3 Å². The molecule has 1 saturated carbocycles. The Morgan fingerprint density at radius 1 is 1.11 bits per heavy atom. The predicted octanol–water partition coefficient (Wildman–Crippen LogP) is 4.37. The number of urea groups is 1. The highest BCUT2D eigenvalue weighted by Gasteiger charge is 2.34. The molecule has 0 saturated heterocycles. The van der Waals surface area contributed by atoms with Crippen LogP contribution in [0.3, 0.4) is 0 Å². The summed E-state index contributed by atoms with van der Waals surface area (Å²) >= 11 is 0. The Hall–Kier alpha value is -2.50. The van der Waals surface area contributed by atoms with Crippen molar-refractivity contribution in [3.05, 3.63) is 41.1 Å². The molecule has 1 unspecified atom stereocenters. The Kier molecular flexibility index (Phi) is 6.95. The lowest BCUT2D eigenvalue weighted by atomic mass is 9.94. The van der Waals surface area contributed by atoms with E-state index in [-0.39, 0.29) is 18.1 Å². The normalized spacial score (nSPS) is 21.2.